The first-order chi connectivity index (χ1) is 12.6. The molecular formula is C19H21N3O3S. The number of pyridine rings is 1. The van der Waals surface area contributed by atoms with E-state index in [0.717, 1.165) is 11.3 Å². The molecule has 0 unspecified atom stereocenters. The van der Waals surface area contributed by atoms with Crippen LogP contribution in [0.4, 0.5) is 0 Å². The van der Waals surface area contributed by atoms with Crippen LogP contribution in [0.3, 0.4) is 0 Å². The molecule has 0 bridgehead atoms. The first kappa shape index (κ1) is 18.3. The van der Waals surface area contributed by atoms with Gasteiger partial charge in [-0.3, -0.25) is 9.59 Å². The molecule has 0 N–H and O–H groups in total. The molecule has 1 aromatic heterocycles. The van der Waals surface area contributed by atoms with Gasteiger partial charge in [0.1, 0.15) is 17.3 Å². The highest BCUT2D eigenvalue weighted by Crippen LogP contribution is 2.20. The highest BCUT2D eigenvalue weighted by Gasteiger charge is 2.28. The van der Waals surface area contributed by atoms with Gasteiger partial charge in [0.15, 0.2) is 0 Å². The van der Waals surface area contributed by atoms with Gasteiger partial charge in [-0.1, -0.05) is 12.1 Å². The van der Waals surface area contributed by atoms with E-state index < -0.39 is 0 Å². The fraction of sp³-hybridized carbons (Fsp3) is 0.316. The Morgan fingerprint density at radius 2 is 2.00 bits per heavy atom. The largest absolute Gasteiger partial charge is 0.497 e. The predicted molar refractivity (Wildman–Crippen MR) is 100 cm³/mol. The van der Waals surface area contributed by atoms with Crippen LogP contribution in [0.25, 0.3) is 0 Å². The minimum Gasteiger partial charge on any atom is -0.497 e. The minimum absolute atomic E-state index is 0.0463. The molecule has 3 rings (SSSR count). The summed E-state index contributed by atoms with van der Waals surface area (Å²) in [4.78, 5) is 32.9. The van der Waals surface area contributed by atoms with Crippen LogP contribution < -0.4 is 4.74 Å². The van der Waals surface area contributed by atoms with Gasteiger partial charge in [0.25, 0.3) is 5.91 Å². The zero-order valence-corrected chi connectivity index (χ0v) is 15.7. The number of rotatable bonds is 5. The normalized spacial score (nSPS) is 14.5. The number of thioether (sulfide) groups is 1. The number of carbonyl (C=O) groups is 2. The van der Waals surface area contributed by atoms with E-state index in [2.05, 4.69) is 4.98 Å². The molecule has 26 heavy (non-hydrogen) atoms. The average Bonchev–Trinajstić information content (AvgIpc) is 2.69. The minimum atomic E-state index is -0.139. The maximum Gasteiger partial charge on any atom is 0.257 e. The first-order valence-corrected chi connectivity index (χ1v) is 9.54. The van der Waals surface area contributed by atoms with Crippen LogP contribution in [0.15, 0.2) is 47.6 Å². The van der Waals surface area contributed by atoms with E-state index in [0.29, 0.717) is 30.2 Å². The van der Waals surface area contributed by atoms with Gasteiger partial charge in [-0.2, -0.15) is 0 Å². The molecule has 6 nitrogen and oxygen atoms in total. The Labute approximate surface area is 157 Å². The smallest absolute Gasteiger partial charge is 0.257 e. The van der Waals surface area contributed by atoms with Gasteiger partial charge < -0.3 is 14.5 Å². The highest BCUT2D eigenvalue weighted by atomic mass is 32.2. The maximum atomic E-state index is 12.7. The van der Waals surface area contributed by atoms with Crippen LogP contribution in [-0.4, -0.2) is 59.6 Å². The fourth-order valence-corrected chi connectivity index (χ4v) is 3.43. The molecule has 0 atom stereocenters. The van der Waals surface area contributed by atoms with Crippen LogP contribution in [-0.2, 0) is 11.3 Å². The van der Waals surface area contributed by atoms with Crippen molar-refractivity contribution in [3.05, 3.63) is 53.7 Å². The van der Waals surface area contributed by atoms with Crippen molar-refractivity contribution in [1.29, 1.82) is 0 Å². The molecular weight excluding hydrogens is 350 g/mol. The molecule has 0 radical (unpaired) electrons. The van der Waals surface area contributed by atoms with E-state index >= 15 is 0 Å². The van der Waals surface area contributed by atoms with Crippen molar-refractivity contribution >= 4 is 23.6 Å². The summed E-state index contributed by atoms with van der Waals surface area (Å²) in [6.45, 7) is 1.67. The van der Waals surface area contributed by atoms with E-state index in [1.54, 1.807) is 35.2 Å². The van der Waals surface area contributed by atoms with Crippen LogP contribution in [0, 0.1) is 0 Å². The Morgan fingerprint density at radius 3 is 2.65 bits per heavy atom. The summed E-state index contributed by atoms with van der Waals surface area (Å²) in [5.41, 5.74) is 1.59. The topological polar surface area (TPSA) is 62.7 Å². The number of hydrogen-bond donors (Lipinski definition) is 0. The third-order valence-electron chi connectivity index (χ3n) is 4.33. The lowest BCUT2D eigenvalue weighted by Gasteiger charge is -2.34. The van der Waals surface area contributed by atoms with Gasteiger partial charge in [-0.15, -0.1) is 11.8 Å². The Bertz CT molecular complexity index is 795. The van der Waals surface area contributed by atoms with Crippen LogP contribution >= 0.6 is 11.8 Å². The molecule has 1 aliphatic heterocycles. The molecule has 0 aliphatic carbocycles. The van der Waals surface area contributed by atoms with E-state index in [9.17, 15) is 9.59 Å². The predicted octanol–water partition coefficient (Wildman–Crippen LogP) is 2.30. The molecule has 0 saturated carbocycles. The average molecular weight is 371 g/mol. The SMILES string of the molecule is COc1ccc(CN2CCN(C(=O)c3cccnc3SC)CC2=O)cc1. The summed E-state index contributed by atoms with van der Waals surface area (Å²) >= 11 is 1.43. The summed E-state index contributed by atoms with van der Waals surface area (Å²) in [6.07, 6.45) is 3.55. The summed E-state index contributed by atoms with van der Waals surface area (Å²) in [6, 6.07) is 11.2. The van der Waals surface area contributed by atoms with Gasteiger partial charge >= 0.3 is 0 Å². The molecule has 1 aromatic carbocycles. The van der Waals surface area contributed by atoms with E-state index in [1.807, 2.05) is 30.5 Å². The summed E-state index contributed by atoms with van der Waals surface area (Å²) < 4.78 is 5.15. The molecule has 0 spiro atoms. The number of carbonyl (C=O) groups excluding carboxylic acids is 2. The van der Waals surface area contributed by atoms with Crippen molar-refractivity contribution in [3.8, 4) is 5.75 Å². The number of methoxy groups -OCH3 is 1. The van der Waals surface area contributed by atoms with E-state index in [-0.39, 0.29) is 18.4 Å². The number of piperazine rings is 1. The molecule has 1 saturated heterocycles. The second-order valence-electron chi connectivity index (χ2n) is 5.95. The Kier molecular flexibility index (Phi) is 5.78. The lowest BCUT2D eigenvalue weighted by molar-refractivity contribution is -0.135. The quantitative estimate of drug-likeness (QED) is 0.755. The molecule has 2 heterocycles. The van der Waals surface area contributed by atoms with Crippen molar-refractivity contribution < 1.29 is 14.3 Å². The van der Waals surface area contributed by atoms with Crippen molar-refractivity contribution in [3.63, 3.8) is 0 Å². The third kappa shape index (κ3) is 3.99. The maximum absolute atomic E-state index is 12.7. The lowest BCUT2D eigenvalue weighted by atomic mass is 10.1. The van der Waals surface area contributed by atoms with Crippen LogP contribution in [0.5, 0.6) is 5.75 Å². The van der Waals surface area contributed by atoms with Gasteiger partial charge in [-0.05, 0) is 36.1 Å². The summed E-state index contributed by atoms with van der Waals surface area (Å²) in [5.74, 6) is 0.603. The zero-order valence-electron chi connectivity index (χ0n) is 14.8. The standard InChI is InChI=1S/C19H21N3O3S/c1-25-15-7-5-14(6-8-15)12-21-10-11-22(13-17(21)23)19(24)16-4-3-9-20-18(16)26-2/h3-9H,10-13H2,1-2H3. The van der Waals surface area contributed by atoms with E-state index in [1.165, 1.54) is 11.8 Å². The summed E-state index contributed by atoms with van der Waals surface area (Å²) in [5, 5.41) is 0.686. The van der Waals surface area contributed by atoms with Gasteiger partial charge in [-0.25, -0.2) is 4.98 Å². The Balaban J connectivity index is 1.64. The Morgan fingerprint density at radius 1 is 1.23 bits per heavy atom. The van der Waals surface area contributed by atoms with Crippen molar-refractivity contribution in [1.82, 2.24) is 14.8 Å². The fourth-order valence-electron chi connectivity index (χ4n) is 2.89. The van der Waals surface area contributed by atoms with Crippen molar-refractivity contribution in [2.24, 2.45) is 0 Å². The zero-order chi connectivity index (χ0) is 18.5. The summed E-state index contributed by atoms with van der Waals surface area (Å²) in [7, 11) is 1.62. The molecule has 136 valence electrons. The molecule has 1 fully saturated rings. The third-order valence-corrected chi connectivity index (χ3v) is 5.05. The molecule has 1 aliphatic rings. The van der Waals surface area contributed by atoms with Crippen molar-refractivity contribution in [2.75, 3.05) is 33.0 Å². The second-order valence-corrected chi connectivity index (χ2v) is 6.75. The number of aromatic nitrogens is 1. The Hall–Kier alpha value is -2.54. The monoisotopic (exact) mass is 371 g/mol. The molecule has 7 heteroatoms. The molecule has 2 aromatic rings. The van der Waals surface area contributed by atoms with Gasteiger partial charge in [0.2, 0.25) is 5.91 Å². The number of ether oxygens (including phenoxy) is 1. The number of nitrogens with zero attached hydrogens (tertiary/aromatic N) is 3. The van der Waals surface area contributed by atoms with Gasteiger partial charge in [0.05, 0.1) is 12.7 Å². The van der Waals surface area contributed by atoms with Crippen LogP contribution in [0.1, 0.15) is 15.9 Å². The number of amides is 2. The highest BCUT2D eigenvalue weighted by molar-refractivity contribution is 7.98. The first-order valence-electron chi connectivity index (χ1n) is 8.31. The molecule has 2 amide bonds. The van der Waals surface area contributed by atoms with Gasteiger partial charge in [0, 0.05) is 25.8 Å². The lowest BCUT2D eigenvalue weighted by Crippen LogP contribution is -2.51. The van der Waals surface area contributed by atoms with E-state index in [4.69, 9.17) is 4.74 Å². The van der Waals surface area contributed by atoms with Crippen LogP contribution in [0.2, 0.25) is 0 Å². The number of hydrogen-bond acceptors (Lipinski definition) is 5. The second kappa shape index (κ2) is 8.23. The van der Waals surface area contributed by atoms with Crippen molar-refractivity contribution in [2.45, 2.75) is 11.6 Å². The number of benzene rings is 1.